The second kappa shape index (κ2) is 6.26. The first-order chi connectivity index (χ1) is 7.63. The van der Waals surface area contributed by atoms with Gasteiger partial charge in [-0.3, -0.25) is 4.79 Å². The van der Waals surface area contributed by atoms with E-state index in [4.69, 9.17) is 0 Å². The zero-order valence-electron chi connectivity index (χ0n) is 9.79. The van der Waals surface area contributed by atoms with Crippen LogP contribution in [0.2, 0.25) is 0 Å². The van der Waals surface area contributed by atoms with E-state index in [0.717, 1.165) is 19.3 Å². The molecule has 0 aliphatic carbocycles. The van der Waals surface area contributed by atoms with Crippen molar-refractivity contribution in [2.45, 2.75) is 39.2 Å². The van der Waals surface area contributed by atoms with Crippen LogP contribution in [0.5, 0.6) is 0 Å². The number of hydrogen-bond donors (Lipinski definition) is 1. The minimum absolute atomic E-state index is 0.136. The minimum Gasteiger partial charge on any atom is -0.350 e. The van der Waals surface area contributed by atoms with Gasteiger partial charge in [-0.05, 0) is 37.6 Å². The highest BCUT2D eigenvalue weighted by molar-refractivity contribution is 5.94. The third-order valence-corrected chi connectivity index (χ3v) is 2.47. The van der Waals surface area contributed by atoms with Crippen molar-refractivity contribution < 1.29 is 9.18 Å². The lowest BCUT2D eigenvalue weighted by Crippen LogP contribution is -2.32. The average molecular weight is 223 g/mol. The van der Waals surface area contributed by atoms with Crippen LogP contribution in [0.1, 0.15) is 43.5 Å². The van der Waals surface area contributed by atoms with Crippen molar-refractivity contribution in [3.05, 3.63) is 35.6 Å². The van der Waals surface area contributed by atoms with E-state index in [0.29, 0.717) is 5.56 Å². The fourth-order valence-electron chi connectivity index (χ4n) is 1.49. The average Bonchev–Trinajstić information content (AvgIpc) is 2.27. The predicted octanol–water partition coefficient (Wildman–Crippen LogP) is 3.13. The molecular formula is C13H18FNO. The Morgan fingerprint density at radius 3 is 2.56 bits per heavy atom. The molecule has 0 bridgehead atoms. The van der Waals surface area contributed by atoms with Gasteiger partial charge in [-0.25, -0.2) is 4.39 Å². The van der Waals surface area contributed by atoms with Crippen molar-refractivity contribution in [1.29, 1.82) is 0 Å². The van der Waals surface area contributed by atoms with Crippen LogP contribution in [0.4, 0.5) is 4.39 Å². The minimum atomic E-state index is -0.324. The molecule has 0 unspecified atom stereocenters. The number of unbranched alkanes of at least 4 members (excludes halogenated alkanes) is 1. The molecule has 3 heteroatoms. The van der Waals surface area contributed by atoms with Gasteiger partial charge in [-0.2, -0.15) is 0 Å². The van der Waals surface area contributed by atoms with Gasteiger partial charge >= 0.3 is 0 Å². The van der Waals surface area contributed by atoms with Crippen LogP contribution in [0.25, 0.3) is 0 Å². The molecule has 0 spiro atoms. The van der Waals surface area contributed by atoms with Crippen LogP contribution in [0.3, 0.4) is 0 Å². The quantitative estimate of drug-likeness (QED) is 0.816. The molecule has 0 heterocycles. The van der Waals surface area contributed by atoms with E-state index in [9.17, 15) is 9.18 Å². The van der Waals surface area contributed by atoms with Crippen LogP contribution in [0, 0.1) is 5.82 Å². The van der Waals surface area contributed by atoms with Crippen molar-refractivity contribution in [2.24, 2.45) is 0 Å². The topological polar surface area (TPSA) is 29.1 Å². The third-order valence-electron chi connectivity index (χ3n) is 2.47. The monoisotopic (exact) mass is 223 g/mol. The highest BCUT2D eigenvalue weighted by atomic mass is 19.1. The zero-order valence-corrected chi connectivity index (χ0v) is 9.79. The summed E-state index contributed by atoms with van der Waals surface area (Å²) < 4.78 is 12.6. The summed E-state index contributed by atoms with van der Waals surface area (Å²) in [6, 6.07) is 5.75. The number of amides is 1. The van der Waals surface area contributed by atoms with Gasteiger partial charge in [0.1, 0.15) is 5.82 Å². The normalized spacial score (nSPS) is 12.2. The first-order valence-electron chi connectivity index (χ1n) is 5.70. The fraction of sp³-hybridized carbons (Fsp3) is 0.462. The Morgan fingerprint density at radius 2 is 2.00 bits per heavy atom. The Hall–Kier alpha value is -1.38. The van der Waals surface area contributed by atoms with Gasteiger partial charge in [0.05, 0.1) is 0 Å². The maximum atomic E-state index is 12.6. The second-order valence-electron chi connectivity index (χ2n) is 4.02. The van der Waals surface area contributed by atoms with E-state index >= 15 is 0 Å². The van der Waals surface area contributed by atoms with E-state index in [2.05, 4.69) is 12.2 Å². The number of nitrogens with one attached hydrogen (secondary N) is 1. The predicted molar refractivity (Wildman–Crippen MR) is 62.9 cm³/mol. The Morgan fingerprint density at radius 1 is 1.38 bits per heavy atom. The molecule has 0 saturated heterocycles. The van der Waals surface area contributed by atoms with Gasteiger partial charge in [0.2, 0.25) is 0 Å². The van der Waals surface area contributed by atoms with Crippen LogP contribution >= 0.6 is 0 Å². The van der Waals surface area contributed by atoms with Crippen molar-refractivity contribution in [1.82, 2.24) is 5.32 Å². The highest BCUT2D eigenvalue weighted by Crippen LogP contribution is 2.05. The molecule has 0 saturated carbocycles. The fourth-order valence-corrected chi connectivity index (χ4v) is 1.49. The number of rotatable bonds is 5. The maximum absolute atomic E-state index is 12.6. The molecule has 0 radical (unpaired) electrons. The molecule has 88 valence electrons. The number of benzene rings is 1. The van der Waals surface area contributed by atoms with E-state index < -0.39 is 0 Å². The van der Waals surface area contributed by atoms with Gasteiger partial charge in [-0.15, -0.1) is 0 Å². The van der Waals surface area contributed by atoms with Gasteiger partial charge in [0, 0.05) is 11.6 Å². The molecule has 1 N–H and O–H groups in total. The smallest absolute Gasteiger partial charge is 0.251 e. The molecule has 1 aromatic carbocycles. The molecule has 16 heavy (non-hydrogen) atoms. The lowest BCUT2D eigenvalue weighted by molar-refractivity contribution is 0.0938. The standard InChI is InChI=1S/C13H18FNO/c1-3-4-5-10(2)15-13(16)11-6-8-12(14)9-7-11/h6-10H,3-5H2,1-2H3,(H,15,16)/t10-/m0/s1. The van der Waals surface area contributed by atoms with Crippen LogP contribution in [-0.4, -0.2) is 11.9 Å². The molecule has 1 rings (SSSR count). The number of carbonyl (C=O) groups is 1. The molecule has 1 atom stereocenters. The largest absolute Gasteiger partial charge is 0.350 e. The Kier molecular flexibility index (Phi) is 4.96. The molecule has 1 amide bonds. The van der Waals surface area contributed by atoms with Crippen molar-refractivity contribution in [3.8, 4) is 0 Å². The SMILES string of the molecule is CCCC[C@H](C)NC(=O)c1ccc(F)cc1. The van der Waals surface area contributed by atoms with E-state index in [1.54, 1.807) is 0 Å². The lowest BCUT2D eigenvalue weighted by atomic mass is 10.1. The Balaban J connectivity index is 2.48. The summed E-state index contributed by atoms with van der Waals surface area (Å²) in [5, 5.41) is 2.89. The Bertz CT molecular complexity index is 334. The summed E-state index contributed by atoms with van der Waals surface area (Å²) in [5.74, 6) is -0.459. The zero-order chi connectivity index (χ0) is 12.0. The van der Waals surface area contributed by atoms with Gasteiger partial charge in [0.15, 0.2) is 0 Å². The number of carbonyl (C=O) groups excluding carboxylic acids is 1. The summed E-state index contributed by atoms with van der Waals surface area (Å²) >= 11 is 0. The van der Waals surface area contributed by atoms with Crippen LogP contribution in [0.15, 0.2) is 24.3 Å². The van der Waals surface area contributed by atoms with E-state index in [1.807, 2.05) is 6.92 Å². The summed E-state index contributed by atoms with van der Waals surface area (Å²) in [4.78, 5) is 11.7. The molecular weight excluding hydrogens is 205 g/mol. The summed E-state index contributed by atoms with van der Waals surface area (Å²) in [6.45, 7) is 4.10. The first kappa shape index (κ1) is 12.7. The second-order valence-corrected chi connectivity index (χ2v) is 4.02. The van der Waals surface area contributed by atoms with Crippen molar-refractivity contribution in [3.63, 3.8) is 0 Å². The molecule has 2 nitrogen and oxygen atoms in total. The first-order valence-corrected chi connectivity index (χ1v) is 5.70. The summed E-state index contributed by atoms with van der Waals surface area (Å²) in [7, 11) is 0. The molecule has 0 aromatic heterocycles. The van der Waals surface area contributed by atoms with Crippen molar-refractivity contribution >= 4 is 5.91 Å². The maximum Gasteiger partial charge on any atom is 0.251 e. The summed E-state index contributed by atoms with van der Waals surface area (Å²) in [6.07, 6.45) is 3.20. The number of hydrogen-bond acceptors (Lipinski definition) is 1. The van der Waals surface area contributed by atoms with Gasteiger partial charge in [0.25, 0.3) is 5.91 Å². The van der Waals surface area contributed by atoms with Crippen LogP contribution < -0.4 is 5.32 Å². The Labute approximate surface area is 95.9 Å². The lowest BCUT2D eigenvalue weighted by Gasteiger charge is -2.13. The molecule has 0 fully saturated rings. The highest BCUT2D eigenvalue weighted by Gasteiger charge is 2.08. The number of halogens is 1. The van der Waals surface area contributed by atoms with E-state index in [1.165, 1.54) is 24.3 Å². The summed E-state index contributed by atoms with van der Waals surface area (Å²) in [5.41, 5.74) is 0.504. The third kappa shape index (κ3) is 4.01. The van der Waals surface area contributed by atoms with Gasteiger partial charge < -0.3 is 5.32 Å². The molecule has 0 aliphatic heterocycles. The van der Waals surface area contributed by atoms with Gasteiger partial charge in [-0.1, -0.05) is 19.8 Å². The molecule has 1 aromatic rings. The molecule has 0 aliphatic rings. The van der Waals surface area contributed by atoms with E-state index in [-0.39, 0.29) is 17.8 Å². The van der Waals surface area contributed by atoms with Crippen LogP contribution in [-0.2, 0) is 0 Å². The van der Waals surface area contributed by atoms with Crippen molar-refractivity contribution in [2.75, 3.05) is 0 Å².